The summed E-state index contributed by atoms with van der Waals surface area (Å²) in [6.07, 6.45) is -2.95. The van der Waals surface area contributed by atoms with E-state index >= 15 is 0 Å². The van der Waals surface area contributed by atoms with Crippen LogP contribution in [0.15, 0.2) is 59.7 Å². The highest BCUT2D eigenvalue weighted by Crippen LogP contribution is 2.31. The predicted molar refractivity (Wildman–Crippen MR) is 108 cm³/mol. The number of aromatic nitrogens is 1. The Bertz CT molecular complexity index is 1080. The molecule has 0 fully saturated rings. The number of alkyl halides is 3. The minimum atomic E-state index is -4.42. The van der Waals surface area contributed by atoms with Gasteiger partial charge in [-0.1, -0.05) is 6.07 Å². The zero-order chi connectivity index (χ0) is 21.9. The van der Waals surface area contributed by atoms with Gasteiger partial charge in [0, 0.05) is 28.2 Å². The lowest BCUT2D eigenvalue weighted by atomic mass is 10.2. The summed E-state index contributed by atoms with van der Waals surface area (Å²) in [6, 6.07) is 13.5. The van der Waals surface area contributed by atoms with Gasteiger partial charge in [-0.05, 0) is 62.4 Å². The number of carbonyl (C=O) groups is 1. The average Bonchev–Trinajstić information content (AvgIpc) is 3.00. The Labute approximate surface area is 171 Å². The molecule has 3 aromatic rings. The van der Waals surface area contributed by atoms with Crippen molar-refractivity contribution in [3.05, 3.63) is 82.7 Å². The van der Waals surface area contributed by atoms with Gasteiger partial charge in [0.15, 0.2) is 0 Å². The van der Waals surface area contributed by atoms with Crippen LogP contribution in [0, 0.1) is 13.8 Å². The van der Waals surface area contributed by atoms with Gasteiger partial charge in [0.2, 0.25) is 0 Å². The molecule has 8 heteroatoms. The largest absolute Gasteiger partial charge is 0.497 e. The first-order chi connectivity index (χ1) is 14.2. The first-order valence-electron chi connectivity index (χ1n) is 9.04. The van der Waals surface area contributed by atoms with Crippen LogP contribution in [0.3, 0.4) is 0 Å². The van der Waals surface area contributed by atoms with Gasteiger partial charge in [0.25, 0.3) is 5.91 Å². The Morgan fingerprint density at radius 1 is 1.10 bits per heavy atom. The van der Waals surface area contributed by atoms with E-state index in [9.17, 15) is 18.0 Å². The fraction of sp³-hybridized carbons (Fsp3) is 0.182. The molecular weight excluding hydrogens is 395 g/mol. The quantitative estimate of drug-likeness (QED) is 0.477. The SMILES string of the molecule is COc1ccc(C(=O)NN=Cc2cc(C)n(-c3cccc(C(F)(F)F)c3)c2C)cc1. The maximum absolute atomic E-state index is 13.0. The smallest absolute Gasteiger partial charge is 0.416 e. The maximum Gasteiger partial charge on any atom is 0.416 e. The maximum atomic E-state index is 13.0. The number of hydrogen-bond donors (Lipinski definition) is 1. The number of rotatable bonds is 5. The van der Waals surface area contributed by atoms with E-state index in [2.05, 4.69) is 10.5 Å². The zero-order valence-corrected chi connectivity index (χ0v) is 16.6. The van der Waals surface area contributed by atoms with Gasteiger partial charge in [0.1, 0.15) is 5.75 Å². The third kappa shape index (κ3) is 4.53. The van der Waals surface area contributed by atoms with Crippen LogP contribution in [0.4, 0.5) is 13.2 Å². The van der Waals surface area contributed by atoms with Crippen LogP contribution in [-0.4, -0.2) is 23.8 Å². The summed E-state index contributed by atoms with van der Waals surface area (Å²) in [6.45, 7) is 3.57. The zero-order valence-electron chi connectivity index (χ0n) is 16.6. The molecule has 1 N–H and O–H groups in total. The first kappa shape index (κ1) is 21.2. The molecule has 1 aromatic heterocycles. The molecule has 0 bridgehead atoms. The van der Waals surface area contributed by atoms with E-state index in [4.69, 9.17) is 4.74 Å². The van der Waals surface area contributed by atoms with E-state index in [1.54, 1.807) is 54.8 Å². The van der Waals surface area contributed by atoms with E-state index in [0.717, 1.165) is 17.8 Å². The molecule has 0 unspecified atom stereocenters. The van der Waals surface area contributed by atoms with E-state index < -0.39 is 11.7 Å². The number of methoxy groups -OCH3 is 1. The van der Waals surface area contributed by atoms with Crippen LogP contribution in [0.2, 0.25) is 0 Å². The summed E-state index contributed by atoms with van der Waals surface area (Å²) in [7, 11) is 1.54. The van der Waals surface area contributed by atoms with E-state index in [1.807, 2.05) is 0 Å². The Morgan fingerprint density at radius 3 is 2.43 bits per heavy atom. The van der Waals surface area contributed by atoms with Crippen molar-refractivity contribution in [2.75, 3.05) is 7.11 Å². The number of nitrogens with one attached hydrogen (secondary N) is 1. The van der Waals surface area contributed by atoms with Crippen molar-refractivity contribution in [3.63, 3.8) is 0 Å². The number of ether oxygens (including phenoxy) is 1. The van der Waals surface area contributed by atoms with Gasteiger partial charge in [-0.2, -0.15) is 18.3 Å². The minimum absolute atomic E-state index is 0.388. The number of aryl methyl sites for hydroxylation is 1. The number of halogens is 3. The summed E-state index contributed by atoms with van der Waals surface area (Å²) in [5.74, 6) is 0.248. The van der Waals surface area contributed by atoms with E-state index in [1.165, 1.54) is 19.4 Å². The molecule has 0 aliphatic heterocycles. The fourth-order valence-electron chi connectivity index (χ4n) is 3.10. The number of hydrazone groups is 1. The van der Waals surface area contributed by atoms with E-state index in [0.29, 0.717) is 28.3 Å². The molecule has 0 aliphatic rings. The Balaban J connectivity index is 1.79. The van der Waals surface area contributed by atoms with Crippen LogP contribution < -0.4 is 10.2 Å². The Morgan fingerprint density at radius 2 is 1.80 bits per heavy atom. The normalized spacial score (nSPS) is 11.7. The second-order valence-corrected chi connectivity index (χ2v) is 6.64. The molecule has 156 valence electrons. The molecule has 2 aromatic carbocycles. The summed E-state index contributed by atoms with van der Waals surface area (Å²) in [4.78, 5) is 12.2. The first-order valence-corrected chi connectivity index (χ1v) is 9.04. The van der Waals surface area contributed by atoms with Gasteiger partial charge < -0.3 is 9.30 Å². The van der Waals surface area contributed by atoms with Gasteiger partial charge in [0.05, 0.1) is 18.9 Å². The summed E-state index contributed by atoms with van der Waals surface area (Å²) in [5.41, 5.74) is 4.68. The highest BCUT2D eigenvalue weighted by molar-refractivity contribution is 5.95. The van der Waals surface area contributed by atoms with Crippen LogP contribution in [0.1, 0.15) is 32.9 Å². The molecule has 1 amide bonds. The second-order valence-electron chi connectivity index (χ2n) is 6.64. The van der Waals surface area contributed by atoms with Crippen molar-refractivity contribution in [1.29, 1.82) is 0 Å². The second kappa shape index (κ2) is 8.44. The molecule has 0 aliphatic carbocycles. The van der Waals surface area contributed by atoms with Gasteiger partial charge in [-0.25, -0.2) is 5.43 Å². The van der Waals surface area contributed by atoms with Crippen molar-refractivity contribution in [3.8, 4) is 11.4 Å². The van der Waals surface area contributed by atoms with Crippen molar-refractivity contribution in [1.82, 2.24) is 9.99 Å². The molecule has 0 atom stereocenters. The number of amides is 1. The fourth-order valence-corrected chi connectivity index (χ4v) is 3.10. The van der Waals surface area contributed by atoms with Gasteiger partial charge in [-0.3, -0.25) is 4.79 Å². The topological polar surface area (TPSA) is 55.6 Å². The summed E-state index contributed by atoms with van der Waals surface area (Å²) in [5, 5.41) is 3.98. The number of hydrogen-bond acceptors (Lipinski definition) is 3. The molecule has 0 radical (unpaired) electrons. The monoisotopic (exact) mass is 415 g/mol. The molecule has 5 nitrogen and oxygen atoms in total. The third-order valence-electron chi connectivity index (χ3n) is 4.62. The summed E-state index contributed by atoms with van der Waals surface area (Å²) >= 11 is 0. The van der Waals surface area contributed by atoms with Crippen molar-refractivity contribution in [2.24, 2.45) is 5.10 Å². The molecule has 0 saturated heterocycles. The van der Waals surface area contributed by atoms with Crippen molar-refractivity contribution < 1.29 is 22.7 Å². The molecule has 0 spiro atoms. The average molecular weight is 415 g/mol. The number of carbonyl (C=O) groups excluding carboxylic acids is 1. The molecule has 1 heterocycles. The van der Waals surface area contributed by atoms with Crippen molar-refractivity contribution >= 4 is 12.1 Å². The van der Waals surface area contributed by atoms with Crippen LogP contribution in [-0.2, 0) is 6.18 Å². The van der Waals surface area contributed by atoms with Gasteiger partial charge in [-0.15, -0.1) is 0 Å². The number of benzene rings is 2. The third-order valence-corrected chi connectivity index (χ3v) is 4.62. The molecule has 0 saturated carbocycles. The lowest BCUT2D eigenvalue weighted by molar-refractivity contribution is -0.137. The van der Waals surface area contributed by atoms with Crippen LogP contribution in [0.5, 0.6) is 5.75 Å². The highest BCUT2D eigenvalue weighted by Gasteiger charge is 2.30. The lowest BCUT2D eigenvalue weighted by Crippen LogP contribution is -2.17. The predicted octanol–water partition coefficient (Wildman–Crippen LogP) is 4.89. The van der Waals surface area contributed by atoms with E-state index in [-0.39, 0.29) is 5.91 Å². The number of nitrogens with zero attached hydrogens (tertiary/aromatic N) is 2. The Hall–Kier alpha value is -3.55. The lowest BCUT2D eigenvalue weighted by Gasteiger charge is -2.13. The van der Waals surface area contributed by atoms with Crippen LogP contribution >= 0.6 is 0 Å². The standard InChI is InChI=1S/C22H20F3N3O2/c1-14-11-17(13-26-27-21(29)16-7-9-20(30-3)10-8-16)15(2)28(14)19-6-4-5-18(12-19)22(23,24)25/h4-13H,1-3H3,(H,27,29). The van der Waals surface area contributed by atoms with Crippen molar-refractivity contribution in [2.45, 2.75) is 20.0 Å². The molecular formula is C22H20F3N3O2. The van der Waals surface area contributed by atoms with Gasteiger partial charge >= 0.3 is 6.18 Å². The molecule has 3 rings (SSSR count). The van der Waals surface area contributed by atoms with Crippen LogP contribution in [0.25, 0.3) is 5.69 Å². The highest BCUT2D eigenvalue weighted by atomic mass is 19.4. The summed E-state index contributed by atoms with van der Waals surface area (Å²) < 4.78 is 45.9. The Kier molecular flexibility index (Phi) is 5.96. The molecule has 30 heavy (non-hydrogen) atoms. The minimum Gasteiger partial charge on any atom is -0.497 e.